The highest BCUT2D eigenvalue weighted by Crippen LogP contribution is 2.57. The van der Waals surface area contributed by atoms with Gasteiger partial charge in [0.2, 0.25) is 0 Å². The van der Waals surface area contributed by atoms with Crippen LogP contribution in [0.15, 0.2) is 12.7 Å². The molecular weight excluding hydrogens is 314 g/mol. The minimum Gasteiger partial charge on any atom is -0.463 e. The molecule has 0 saturated carbocycles. The lowest BCUT2D eigenvalue weighted by molar-refractivity contribution is -0.137. The van der Waals surface area contributed by atoms with E-state index in [9.17, 15) is 13.9 Å². The molecule has 0 aromatic heterocycles. The van der Waals surface area contributed by atoms with E-state index in [1.165, 1.54) is 0 Å². The number of carbonyl (C=O) groups excluding carboxylic acids is 1. The molecule has 3 N–H and O–H groups in total. The number of phosphoric acid groups is 2. The zero-order chi connectivity index (χ0) is 15.6. The molecule has 0 saturated heterocycles. The van der Waals surface area contributed by atoms with Crippen LogP contribution in [0.5, 0.6) is 0 Å². The Bertz CT molecular complexity index is 402. The van der Waals surface area contributed by atoms with E-state index in [0.29, 0.717) is 25.7 Å². The minimum atomic E-state index is -5.06. The Hall–Kier alpha value is -0.530. The minimum absolute atomic E-state index is 0.180. The molecule has 0 aromatic rings. The number of hydrogen-bond donors (Lipinski definition) is 3. The monoisotopic (exact) mass is 332 g/mol. The van der Waals surface area contributed by atoms with E-state index in [2.05, 4.69) is 15.4 Å². The van der Waals surface area contributed by atoms with E-state index in [1.807, 2.05) is 0 Å². The summed E-state index contributed by atoms with van der Waals surface area (Å²) in [6.07, 6.45) is 3.40. The van der Waals surface area contributed by atoms with Crippen LogP contribution in [-0.4, -0.2) is 33.9 Å². The lowest BCUT2D eigenvalue weighted by Crippen LogP contribution is -2.02. The smallest absolute Gasteiger partial charge is 0.463 e. The number of hydrogen-bond acceptors (Lipinski definition) is 6. The second kappa shape index (κ2) is 9.41. The van der Waals surface area contributed by atoms with E-state index < -0.39 is 21.6 Å². The van der Waals surface area contributed by atoms with Crippen molar-refractivity contribution in [2.45, 2.75) is 25.7 Å². The summed E-state index contributed by atoms with van der Waals surface area (Å²) in [7, 11) is -9.80. The first-order valence-electron chi connectivity index (χ1n) is 5.70. The van der Waals surface area contributed by atoms with E-state index in [0.717, 1.165) is 6.08 Å². The third kappa shape index (κ3) is 12.5. The predicted molar refractivity (Wildman–Crippen MR) is 68.5 cm³/mol. The molecule has 20 heavy (non-hydrogen) atoms. The van der Waals surface area contributed by atoms with Crippen LogP contribution in [0.25, 0.3) is 0 Å². The summed E-state index contributed by atoms with van der Waals surface area (Å²) in [5, 5.41) is 0. The lowest BCUT2D eigenvalue weighted by Gasteiger charge is -2.12. The maximum Gasteiger partial charge on any atom is 0.481 e. The van der Waals surface area contributed by atoms with Gasteiger partial charge < -0.3 is 19.4 Å². The van der Waals surface area contributed by atoms with Crippen molar-refractivity contribution >= 4 is 21.6 Å². The molecule has 0 radical (unpaired) electrons. The fourth-order valence-electron chi connectivity index (χ4n) is 1.13. The molecular formula is C9H18O9P2. The Morgan fingerprint density at radius 1 is 1.05 bits per heavy atom. The third-order valence-corrected chi connectivity index (χ3v) is 4.10. The van der Waals surface area contributed by atoms with Gasteiger partial charge >= 0.3 is 21.6 Å². The molecule has 9 nitrogen and oxygen atoms in total. The Balaban J connectivity index is 3.57. The van der Waals surface area contributed by atoms with Gasteiger partial charge in [0.1, 0.15) is 0 Å². The summed E-state index contributed by atoms with van der Waals surface area (Å²) in [5.41, 5.74) is 0. The van der Waals surface area contributed by atoms with E-state index in [4.69, 9.17) is 19.4 Å². The molecule has 1 atom stereocenters. The number of ether oxygens (including phenoxy) is 1. The van der Waals surface area contributed by atoms with Gasteiger partial charge in [-0.3, -0.25) is 4.52 Å². The molecule has 0 amide bonds. The largest absolute Gasteiger partial charge is 0.481 e. The predicted octanol–water partition coefficient (Wildman–Crippen LogP) is 1.50. The van der Waals surface area contributed by atoms with Crippen molar-refractivity contribution in [2.75, 3.05) is 13.2 Å². The number of phosphoric ester groups is 1. The normalized spacial score (nSPS) is 14.6. The van der Waals surface area contributed by atoms with Crippen molar-refractivity contribution in [2.24, 2.45) is 0 Å². The molecule has 0 fully saturated rings. The molecule has 0 heterocycles. The van der Waals surface area contributed by atoms with Gasteiger partial charge in [-0.25, -0.2) is 13.9 Å². The van der Waals surface area contributed by atoms with Crippen LogP contribution in [0.4, 0.5) is 0 Å². The fraction of sp³-hybridized carbons (Fsp3) is 0.667. The summed E-state index contributed by atoms with van der Waals surface area (Å²) in [6, 6.07) is 0. The zero-order valence-corrected chi connectivity index (χ0v) is 12.5. The van der Waals surface area contributed by atoms with Crippen molar-refractivity contribution < 1.29 is 42.2 Å². The standard InChI is InChI=1S/C9H18O9P2/c1-2-9(10)16-7-5-3-4-6-8-17-20(14,15)18-19(11,12)13/h2H,1,3-8H2,(H,14,15)(H2,11,12,13). The van der Waals surface area contributed by atoms with Crippen molar-refractivity contribution in [3.63, 3.8) is 0 Å². The molecule has 0 spiro atoms. The third-order valence-electron chi connectivity index (χ3n) is 1.91. The van der Waals surface area contributed by atoms with Crippen molar-refractivity contribution in [3.8, 4) is 0 Å². The van der Waals surface area contributed by atoms with E-state index >= 15 is 0 Å². The van der Waals surface area contributed by atoms with Crippen molar-refractivity contribution in [1.82, 2.24) is 0 Å². The van der Waals surface area contributed by atoms with Crippen LogP contribution in [0, 0.1) is 0 Å². The molecule has 0 aliphatic rings. The summed E-state index contributed by atoms with van der Waals surface area (Å²) in [4.78, 5) is 36.3. The fourth-order valence-corrected chi connectivity index (χ4v) is 2.75. The molecule has 0 bridgehead atoms. The number of carbonyl (C=O) groups is 1. The average Bonchev–Trinajstić information content (AvgIpc) is 2.28. The van der Waals surface area contributed by atoms with Crippen LogP contribution >= 0.6 is 15.6 Å². The van der Waals surface area contributed by atoms with E-state index in [1.54, 1.807) is 0 Å². The number of rotatable bonds is 11. The molecule has 1 unspecified atom stereocenters. The zero-order valence-electron chi connectivity index (χ0n) is 10.7. The van der Waals surface area contributed by atoms with Crippen LogP contribution in [0.2, 0.25) is 0 Å². The number of unbranched alkanes of at least 4 members (excludes halogenated alkanes) is 3. The molecule has 0 aromatic carbocycles. The quantitative estimate of drug-likeness (QED) is 0.222. The van der Waals surface area contributed by atoms with Gasteiger partial charge in [0.05, 0.1) is 13.2 Å². The summed E-state index contributed by atoms with van der Waals surface area (Å²) >= 11 is 0. The van der Waals surface area contributed by atoms with Crippen LogP contribution in [0.3, 0.4) is 0 Å². The lowest BCUT2D eigenvalue weighted by atomic mass is 10.2. The summed E-state index contributed by atoms with van der Waals surface area (Å²) < 4.78 is 34.1. The highest BCUT2D eigenvalue weighted by Gasteiger charge is 2.31. The first-order chi connectivity index (χ1) is 9.16. The van der Waals surface area contributed by atoms with Gasteiger partial charge in [0, 0.05) is 6.08 Å². The first-order valence-corrected chi connectivity index (χ1v) is 8.72. The average molecular weight is 332 g/mol. The molecule has 0 aliphatic carbocycles. The van der Waals surface area contributed by atoms with Gasteiger partial charge in [-0.05, 0) is 19.3 Å². The topological polar surface area (TPSA) is 140 Å². The van der Waals surface area contributed by atoms with Gasteiger partial charge in [-0.15, -0.1) is 0 Å². The molecule has 11 heteroatoms. The molecule has 0 rings (SSSR count). The maximum atomic E-state index is 11.0. The second-order valence-corrected chi connectivity index (χ2v) is 6.49. The molecule has 118 valence electrons. The van der Waals surface area contributed by atoms with Crippen LogP contribution < -0.4 is 0 Å². The summed E-state index contributed by atoms with van der Waals surface area (Å²) in [5.74, 6) is -0.496. The van der Waals surface area contributed by atoms with Gasteiger partial charge in [0.15, 0.2) is 0 Å². The van der Waals surface area contributed by atoms with Gasteiger partial charge in [-0.1, -0.05) is 13.0 Å². The SMILES string of the molecule is C=CC(=O)OCCCCCCOP(=O)(O)OP(=O)(O)O. The van der Waals surface area contributed by atoms with Gasteiger partial charge in [0.25, 0.3) is 0 Å². The summed E-state index contributed by atoms with van der Waals surface area (Å²) in [6.45, 7) is 3.31. The number of esters is 1. The van der Waals surface area contributed by atoms with Crippen LogP contribution in [-0.2, 0) is 27.5 Å². The van der Waals surface area contributed by atoms with Gasteiger partial charge in [-0.2, -0.15) is 4.31 Å². The maximum absolute atomic E-state index is 11.0. The Morgan fingerprint density at radius 2 is 1.60 bits per heavy atom. The highest BCUT2D eigenvalue weighted by atomic mass is 31.3. The second-order valence-electron chi connectivity index (χ2n) is 3.66. The Kier molecular flexibility index (Phi) is 9.16. The van der Waals surface area contributed by atoms with Crippen molar-refractivity contribution in [1.29, 1.82) is 0 Å². The Labute approximate surface area is 116 Å². The first kappa shape index (κ1) is 19.5. The highest BCUT2D eigenvalue weighted by molar-refractivity contribution is 7.60. The molecule has 0 aliphatic heterocycles. The van der Waals surface area contributed by atoms with Crippen molar-refractivity contribution in [3.05, 3.63) is 12.7 Å². The Morgan fingerprint density at radius 3 is 2.10 bits per heavy atom. The van der Waals surface area contributed by atoms with Crippen LogP contribution in [0.1, 0.15) is 25.7 Å². The van der Waals surface area contributed by atoms with E-state index in [-0.39, 0.29) is 13.2 Å².